The molecule has 0 aliphatic carbocycles. The Kier molecular flexibility index (Phi) is 5.43. The van der Waals surface area contributed by atoms with Gasteiger partial charge in [0.15, 0.2) is 0 Å². The highest BCUT2D eigenvalue weighted by Gasteiger charge is 2.26. The van der Waals surface area contributed by atoms with Crippen LogP contribution in [0.1, 0.15) is 20.3 Å². The second-order valence-electron chi connectivity index (χ2n) is 4.03. The van der Waals surface area contributed by atoms with Gasteiger partial charge in [0, 0.05) is 12.1 Å². The van der Waals surface area contributed by atoms with E-state index in [1.54, 1.807) is 25.2 Å². The average Bonchev–Trinajstić information content (AvgIpc) is 2.39. The van der Waals surface area contributed by atoms with Gasteiger partial charge < -0.3 is 5.32 Å². The first kappa shape index (κ1) is 14.8. The van der Waals surface area contributed by atoms with E-state index < -0.39 is 15.7 Å². The van der Waals surface area contributed by atoms with Crippen LogP contribution in [-0.2, 0) is 10.8 Å². The number of rotatable bonds is 6. The van der Waals surface area contributed by atoms with Crippen molar-refractivity contribution in [3.63, 3.8) is 0 Å². The lowest BCUT2D eigenvalue weighted by Crippen LogP contribution is -2.37. The summed E-state index contributed by atoms with van der Waals surface area (Å²) in [6, 6.07) is 6.28. The molecule has 0 radical (unpaired) electrons. The summed E-state index contributed by atoms with van der Waals surface area (Å²) in [6.07, 6.45) is 0.823. The smallest absolute Gasteiger partial charge is 0.285 e. The van der Waals surface area contributed by atoms with Crippen molar-refractivity contribution in [2.75, 3.05) is 7.05 Å². The van der Waals surface area contributed by atoms with Crippen molar-refractivity contribution in [1.29, 1.82) is 0 Å². The fraction of sp³-hybridized carbons (Fsp3) is 0.500. The summed E-state index contributed by atoms with van der Waals surface area (Å²) in [5, 5.41) is 13.8. The standard InChI is InChI=1S/C12H18N2O3S/c1-4-10(13-3)9(2)18(17)12-8-6-5-7-11(12)14(15)16/h5-10,13H,4H2,1-3H3. The van der Waals surface area contributed by atoms with Crippen LogP contribution in [0.3, 0.4) is 0 Å². The summed E-state index contributed by atoms with van der Waals surface area (Å²) in [6.45, 7) is 3.84. The number of para-hydroxylation sites is 1. The first-order valence-electron chi connectivity index (χ1n) is 5.84. The Bertz CT molecular complexity index is 447. The molecule has 0 fully saturated rings. The topological polar surface area (TPSA) is 72.2 Å². The Labute approximate surface area is 109 Å². The monoisotopic (exact) mass is 270 g/mol. The van der Waals surface area contributed by atoms with Crippen LogP contribution in [0.2, 0.25) is 0 Å². The third kappa shape index (κ3) is 3.14. The number of hydrogen-bond acceptors (Lipinski definition) is 4. The van der Waals surface area contributed by atoms with Gasteiger partial charge in [-0.3, -0.25) is 14.3 Å². The summed E-state index contributed by atoms with van der Waals surface area (Å²) in [7, 11) is 0.413. The summed E-state index contributed by atoms with van der Waals surface area (Å²) < 4.78 is 12.4. The van der Waals surface area contributed by atoms with Crippen molar-refractivity contribution >= 4 is 16.5 Å². The van der Waals surface area contributed by atoms with E-state index in [0.717, 1.165) is 6.42 Å². The molecule has 100 valence electrons. The van der Waals surface area contributed by atoms with E-state index in [2.05, 4.69) is 5.32 Å². The molecule has 18 heavy (non-hydrogen) atoms. The Hall–Kier alpha value is -1.27. The number of nitrogens with one attached hydrogen (secondary N) is 1. The van der Waals surface area contributed by atoms with Crippen LogP contribution in [-0.4, -0.2) is 27.5 Å². The second kappa shape index (κ2) is 6.61. The molecule has 0 aliphatic rings. The first-order chi connectivity index (χ1) is 8.52. The van der Waals surface area contributed by atoms with Crippen LogP contribution >= 0.6 is 0 Å². The lowest BCUT2D eigenvalue weighted by Gasteiger charge is -2.21. The molecule has 0 heterocycles. The van der Waals surface area contributed by atoms with Gasteiger partial charge in [-0.15, -0.1) is 0 Å². The average molecular weight is 270 g/mol. The van der Waals surface area contributed by atoms with E-state index in [9.17, 15) is 14.3 Å². The number of nitro benzene ring substituents is 1. The highest BCUT2D eigenvalue weighted by atomic mass is 32.2. The van der Waals surface area contributed by atoms with Gasteiger partial charge in [0.05, 0.1) is 21.0 Å². The largest absolute Gasteiger partial charge is 0.316 e. The van der Waals surface area contributed by atoms with Crippen LogP contribution < -0.4 is 5.32 Å². The lowest BCUT2D eigenvalue weighted by atomic mass is 10.2. The quantitative estimate of drug-likeness (QED) is 0.634. The van der Waals surface area contributed by atoms with Crippen LogP contribution in [0, 0.1) is 10.1 Å². The van der Waals surface area contributed by atoms with E-state index in [1.165, 1.54) is 6.07 Å². The normalized spacial score (nSPS) is 15.9. The number of nitro groups is 1. The zero-order valence-corrected chi connectivity index (χ0v) is 11.6. The number of benzene rings is 1. The summed E-state index contributed by atoms with van der Waals surface area (Å²) in [4.78, 5) is 10.7. The minimum Gasteiger partial charge on any atom is -0.316 e. The molecule has 1 aromatic carbocycles. The molecule has 6 heteroatoms. The van der Waals surface area contributed by atoms with Crippen LogP contribution in [0.4, 0.5) is 5.69 Å². The third-order valence-corrected chi connectivity index (χ3v) is 4.78. The van der Waals surface area contributed by atoms with E-state index in [4.69, 9.17) is 0 Å². The van der Waals surface area contributed by atoms with Gasteiger partial charge in [0.25, 0.3) is 5.69 Å². The molecule has 0 bridgehead atoms. The van der Waals surface area contributed by atoms with Gasteiger partial charge >= 0.3 is 0 Å². The first-order valence-corrected chi connectivity index (χ1v) is 7.05. The van der Waals surface area contributed by atoms with Crippen molar-refractivity contribution in [3.05, 3.63) is 34.4 Å². The molecule has 5 nitrogen and oxygen atoms in total. The SMILES string of the molecule is CCC(NC)C(C)S(=O)c1ccccc1[N+](=O)[O-]. The zero-order chi connectivity index (χ0) is 13.7. The molecule has 0 saturated carbocycles. The molecule has 0 amide bonds. The maximum atomic E-state index is 12.4. The van der Waals surface area contributed by atoms with Crippen LogP contribution in [0.25, 0.3) is 0 Å². The minimum absolute atomic E-state index is 0.0747. The Balaban J connectivity index is 3.07. The summed E-state index contributed by atoms with van der Waals surface area (Å²) >= 11 is 0. The van der Waals surface area contributed by atoms with Gasteiger partial charge in [0.2, 0.25) is 0 Å². The van der Waals surface area contributed by atoms with Crippen molar-refractivity contribution in [2.24, 2.45) is 0 Å². The molecule has 0 aliphatic heterocycles. The van der Waals surface area contributed by atoms with Gasteiger partial charge in [-0.25, -0.2) is 0 Å². The predicted octanol–water partition coefficient (Wildman–Crippen LogP) is 2.09. The molecule has 1 N–H and O–H groups in total. The molecule has 0 aromatic heterocycles. The maximum Gasteiger partial charge on any atom is 0.285 e. The van der Waals surface area contributed by atoms with Crippen LogP contribution in [0.5, 0.6) is 0 Å². The molecular formula is C12H18N2O3S. The molecule has 1 rings (SSSR count). The zero-order valence-electron chi connectivity index (χ0n) is 10.8. The molecular weight excluding hydrogens is 252 g/mol. The predicted molar refractivity (Wildman–Crippen MR) is 72.1 cm³/mol. The molecule has 0 spiro atoms. The Morgan fingerprint density at radius 1 is 1.44 bits per heavy atom. The third-order valence-electron chi connectivity index (χ3n) is 2.99. The molecule has 3 atom stereocenters. The van der Waals surface area contributed by atoms with E-state index in [-0.39, 0.29) is 17.0 Å². The van der Waals surface area contributed by atoms with E-state index in [1.807, 2.05) is 13.8 Å². The number of hydrogen-bond donors (Lipinski definition) is 1. The van der Waals surface area contributed by atoms with E-state index in [0.29, 0.717) is 4.90 Å². The van der Waals surface area contributed by atoms with Gasteiger partial charge in [-0.05, 0) is 26.5 Å². The van der Waals surface area contributed by atoms with Crippen molar-refractivity contribution in [2.45, 2.75) is 36.5 Å². The maximum absolute atomic E-state index is 12.4. The van der Waals surface area contributed by atoms with Crippen LogP contribution in [0.15, 0.2) is 29.2 Å². The van der Waals surface area contributed by atoms with Gasteiger partial charge in [0.1, 0.15) is 4.90 Å². The highest BCUT2D eigenvalue weighted by molar-refractivity contribution is 7.85. The fourth-order valence-electron chi connectivity index (χ4n) is 1.90. The Morgan fingerprint density at radius 2 is 2.06 bits per heavy atom. The fourth-order valence-corrected chi connectivity index (χ4v) is 3.49. The second-order valence-corrected chi connectivity index (χ2v) is 5.81. The molecule has 0 saturated heterocycles. The van der Waals surface area contributed by atoms with Crippen molar-refractivity contribution < 1.29 is 9.13 Å². The molecule has 1 aromatic rings. The van der Waals surface area contributed by atoms with Crippen molar-refractivity contribution in [1.82, 2.24) is 5.32 Å². The Morgan fingerprint density at radius 3 is 2.56 bits per heavy atom. The minimum atomic E-state index is -1.39. The highest BCUT2D eigenvalue weighted by Crippen LogP contribution is 2.25. The van der Waals surface area contributed by atoms with E-state index >= 15 is 0 Å². The van der Waals surface area contributed by atoms with Gasteiger partial charge in [-0.1, -0.05) is 19.1 Å². The van der Waals surface area contributed by atoms with Crippen molar-refractivity contribution in [3.8, 4) is 0 Å². The summed E-state index contributed by atoms with van der Waals surface area (Å²) in [5.74, 6) is 0. The van der Waals surface area contributed by atoms with Gasteiger partial charge in [-0.2, -0.15) is 0 Å². The number of nitrogens with zero attached hydrogens (tertiary/aromatic N) is 1. The summed E-state index contributed by atoms with van der Waals surface area (Å²) in [5.41, 5.74) is -0.0753. The molecule has 3 unspecified atom stereocenters. The lowest BCUT2D eigenvalue weighted by molar-refractivity contribution is -0.387.